The van der Waals surface area contributed by atoms with Gasteiger partial charge >= 0.3 is 0 Å². The molecule has 0 radical (unpaired) electrons. The van der Waals surface area contributed by atoms with Crippen molar-refractivity contribution < 1.29 is 0 Å². The lowest BCUT2D eigenvalue weighted by molar-refractivity contribution is 0.604. The zero-order chi connectivity index (χ0) is 16.4. The van der Waals surface area contributed by atoms with Crippen molar-refractivity contribution in [3.63, 3.8) is 0 Å². The second-order valence-corrected chi connectivity index (χ2v) is 7.50. The van der Waals surface area contributed by atoms with Gasteiger partial charge in [0.05, 0.1) is 5.69 Å². The molecule has 0 aliphatic heterocycles. The Morgan fingerprint density at radius 2 is 1.87 bits per heavy atom. The molecule has 118 valence electrons. The third-order valence-corrected chi connectivity index (χ3v) is 4.76. The largest absolute Gasteiger partial charge is 0.316 e. The Kier molecular flexibility index (Phi) is 4.13. The smallest absolute Gasteiger partial charge is 0.189 e. The summed E-state index contributed by atoms with van der Waals surface area (Å²) in [7, 11) is 0. The maximum atomic E-state index is 4.78. The maximum Gasteiger partial charge on any atom is 0.189 e. The third-order valence-electron chi connectivity index (χ3n) is 3.37. The predicted octanol–water partition coefficient (Wildman–Crippen LogP) is 4.95. The van der Waals surface area contributed by atoms with E-state index in [1.165, 1.54) is 10.4 Å². The summed E-state index contributed by atoms with van der Waals surface area (Å²) < 4.78 is 0. The first-order valence-electron chi connectivity index (χ1n) is 7.56. The number of aromatic nitrogens is 3. The average molecular weight is 324 g/mol. The molecule has 0 fully saturated rings. The van der Waals surface area contributed by atoms with Crippen molar-refractivity contribution in [1.29, 1.82) is 0 Å². The van der Waals surface area contributed by atoms with E-state index in [1.54, 1.807) is 23.7 Å². The minimum absolute atomic E-state index is 0.00445. The van der Waals surface area contributed by atoms with Gasteiger partial charge in [-0.2, -0.15) is 0 Å². The molecule has 0 atom stereocenters. The highest BCUT2D eigenvalue weighted by molar-refractivity contribution is 7.16. The second-order valence-electron chi connectivity index (χ2n) is 6.51. The van der Waals surface area contributed by atoms with E-state index >= 15 is 0 Å². The molecule has 3 rings (SSSR count). The molecule has 0 aromatic carbocycles. The molecule has 0 aliphatic carbocycles. The van der Waals surface area contributed by atoms with Crippen LogP contribution >= 0.6 is 11.3 Å². The van der Waals surface area contributed by atoms with Crippen molar-refractivity contribution in [3.05, 3.63) is 53.2 Å². The Hall–Kier alpha value is -2.27. The van der Waals surface area contributed by atoms with Gasteiger partial charge in [-0.05, 0) is 42.2 Å². The maximum absolute atomic E-state index is 4.78. The van der Waals surface area contributed by atoms with Crippen LogP contribution in [-0.4, -0.2) is 15.0 Å². The topological polar surface area (TPSA) is 50.7 Å². The number of aryl methyl sites for hydroxylation is 1. The number of nitrogens with zero attached hydrogens (tertiary/aromatic N) is 3. The summed E-state index contributed by atoms with van der Waals surface area (Å²) in [4.78, 5) is 14.8. The van der Waals surface area contributed by atoms with Crippen molar-refractivity contribution >= 4 is 22.3 Å². The highest BCUT2D eigenvalue weighted by Crippen LogP contribution is 2.39. The number of hydrogen-bond acceptors (Lipinski definition) is 5. The molecule has 3 heterocycles. The van der Waals surface area contributed by atoms with Gasteiger partial charge in [0.1, 0.15) is 11.5 Å². The molecule has 1 N–H and O–H groups in total. The molecule has 0 amide bonds. The number of rotatable bonds is 3. The van der Waals surface area contributed by atoms with E-state index in [4.69, 9.17) is 4.98 Å². The van der Waals surface area contributed by atoms with Crippen LogP contribution in [0.2, 0.25) is 0 Å². The number of thiazole rings is 1. The quantitative estimate of drug-likeness (QED) is 0.740. The molecule has 0 aliphatic rings. The molecule has 0 saturated carbocycles. The monoisotopic (exact) mass is 324 g/mol. The predicted molar refractivity (Wildman–Crippen MR) is 96.3 cm³/mol. The molecule has 3 aromatic heterocycles. The zero-order valence-corrected chi connectivity index (χ0v) is 14.6. The first-order chi connectivity index (χ1) is 10.9. The van der Waals surface area contributed by atoms with E-state index in [0.717, 1.165) is 22.3 Å². The fourth-order valence-electron chi connectivity index (χ4n) is 2.27. The molecule has 0 spiro atoms. The van der Waals surface area contributed by atoms with Crippen LogP contribution in [0.5, 0.6) is 0 Å². The molecule has 4 nitrogen and oxygen atoms in total. The fourth-order valence-corrected chi connectivity index (χ4v) is 3.31. The summed E-state index contributed by atoms with van der Waals surface area (Å²) in [5.74, 6) is 0.812. The highest BCUT2D eigenvalue weighted by atomic mass is 32.1. The normalized spacial score (nSPS) is 11.5. The summed E-state index contributed by atoms with van der Waals surface area (Å²) in [5, 5.41) is 4.16. The molecule has 0 saturated heterocycles. The van der Waals surface area contributed by atoms with Crippen LogP contribution in [0.3, 0.4) is 0 Å². The zero-order valence-electron chi connectivity index (χ0n) is 13.8. The Morgan fingerprint density at radius 3 is 2.52 bits per heavy atom. The standard InChI is InChI=1S/C18H20N4S/c1-12-8-10-20-14(11-12)21-17-22-15(13-7-5-6-9-19-13)16(23-17)18(2,3)4/h5-11H,1-4H3,(H,20,21,22). The van der Waals surface area contributed by atoms with Crippen LogP contribution in [0.15, 0.2) is 42.7 Å². The Labute approximate surface area is 140 Å². The molecule has 0 unspecified atom stereocenters. The van der Waals surface area contributed by atoms with Crippen LogP contribution in [0.4, 0.5) is 10.9 Å². The van der Waals surface area contributed by atoms with Gasteiger partial charge in [0, 0.05) is 17.3 Å². The van der Waals surface area contributed by atoms with Gasteiger partial charge in [-0.3, -0.25) is 4.98 Å². The van der Waals surface area contributed by atoms with Gasteiger partial charge in [-0.1, -0.05) is 26.8 Å². The van der Waals surface area contributed by atoms with Crippen LogP contribution in [0.1, 0.15) is 31.2 Å². The van der Waals surface area contributed by atoms with Crippen LogP contribution in [0.25, 0.3) is 11.4 Å². The minimum Gasteiger partial charge on any atom is -0.316 e. The summed E-state index contributed by atoms with van der Waals surface area (Å²) >= 11 is 1.66. The van der Waals surface area contributed by atoms with E-state index in [2.05, 4.69) is 43.0 Å². The number of pyridine rings is 2. The van der Waals surface area contributed by atoms with E-state index in [1.807, 2.05) is 30.3 Å². The van der Waals surface area contributed by atoms with Gasteiger partial charge in [-0.25, -0.2) is 9.97 Å². The lowest BCUT2D eigenvalue weighted by atomic mass is 9.92. The van der Waals surface area contributed by atoms with Gasteiger partial charge in [0.25, 0.3) is 0 Å². The van der Waals surface area contributed by atoms with Crippen LogP contribution in [-0.2, 0) is 5.41 Å². The fraction of sp³-hybridized carbons (Fsp3) is 0.278. The van der Waals surface area contributed by atoms with Gasteiger partial charge in [-0.15, -0.1) is 11.3 Å². The SMILES string of the molecule is Cc1ccnc(Nc2nc(-c3ccccn3)c(C(C)(C)C)s2)c1. The summed E-state index contributed by atoms with van der Waals surface area (Å²) in [6.45, 7) is 8.64. The van der Waals surface area contributed by atoms with Crippen LogP contribution in [0, 0.1) is 6.92 Å². The first kappa shape index (κ1) is 15.6. The third kappa shape index (κ3) is 3.56. The Balaban J connectivity index is 2.02. The van der Waals surface area contributed by atoms with Gasteiger partial charge in [0.2, 0.25) is 0 Å². The molecule has 3 aromatic rings. The van der Waals surface area contributed by atoms with Crippen molar-refractivity contribution in [2.24, 2.45) is 0 Å². The summed E-state index contributed by atoms with van der Waals surface area (Å²) in [5.41, 5.74) is 3.02. The van der Waals surface area contributed by atoms with Crippen molar-refractivity contribution in [2.75, 3.05) is 5.32 Å². The highest BCUT2D eigenvalue weighted by Gasteiger charge is 2.24. The lowest BCUT2D eigenvalue weighted by Crippen LogP contribution is -2.10. The first-order valence-corrected chi connectivity index (χ1v) is 8.37. The van der Waals surface area contributed by atoms with Crippen molar-refractivity contribution in [3.8, 4) is 11.4 Å². The molecule has 0 bridgehead atoms. The van der Waals surface area contributed by atoms with Gasteiger partial charge < -0.3 is 5.32 Å². The molecule has 5 heteroatoms. The van der Waals surface area contributed by atoms with Gasteiger partial charge in [0.15, 0.2) is 5.13 Å². The van der Waals surface area contributed by atoms with Crippen molar-refractivity contribution in [2.45, 2.75) is 33.1 Å². The molecule has 23 heavy (non-hydrogen) atoms. The van der Waals surface area contributed by atoms with E-state index in [9.17, 15) is 0 Å². The number of anilines is 2. The molecular formula is C18H20N4S. The Morgan fingerprint density at radius 1 is 1.04 bits per heavy atom. The number of nitrogens with one attached hydrogen (secondary N) is 1. The van der Waals surface area contributed by atoms with Crippen LogP contribution < -0.4 is 5.32 Å². The number of hydrogen-bond donors (Lipinski definition) is 1. The van der Waals surface area contributed by atoms with Crippen molar-refractivity contribution in [1.82, 2.24) is 15.0 Å². The van der Waals surface area contributed by atoms with E-state index in [-0.39, 0.29) is 5.41 Å². The average Bonchev–Trinajstić information content (AvgIpc) is 2.92. The summed E-state index contributed by atoms with van der Waals surface area (Å²) in [6.07, 6.45) is 3.60. The summed E-state index contributed by atoms with van der Waals surface area (Å²) in [6, 6.07) is 9.90. The Bertz CT molecular complexity index is 803. The van der Waals surface area contributed by atoms with E-state index < -0.39 is 0 Å². The van der Waals surface area contributed by atoms with E-state index in [0.29, 0.717) is 0 Å². The minimum atomic E-state index is 0.00445. The molecular weight excluding hydrogens is 304 g/mol. The second kappa shape index (κ2) is 6.08. The lowest BCUT2D eigenvalue weighted by Gasteiger charge is -2.17.